The number of benzene rings is 2. The number of carbonyl (C=O) groups excluding carboxylic acids is 2. The van der Waals surface area contributed by atoms with Gasteiger partial charge in [0.05, 0.1) is 41.1 Å². The molecule has 2 aromatic heterocycles. The molecule has 0 saturated carbocycles. The van der Waals surface area contributed by atoms with E-state index < -0.39 is 21.7 Å². The lowest BCUT2D eigenvalue weighted by molar-refractivity contribution is 0.0204. The molecule has 61 heavy (non-hydrogen) atoms. The van der Waals surface area contributed by atoms with E-state index in [0.29, 0.717) is 39.8 Å². The molecule has 0 N–H and O–H groups in total. The normalized spacial score (nSPS) is 17.7. The number of imidazole rings is 2. The van der Waals surface area contributed by atoms with E-state index in [-0.39, 0.29) is 30.4 Å². The third kappa shape index (κ3) is 12.4. The summed E-state index contributed by atoms with van der Waals surface area (Å²) < 4.78 is 28.4. The first-order chi connectivity index (χ1) is 28.8. The summed E-state index contributed by atoms with van der Waals surface area (Å²) in [5, 5.41) is 0. The van der Waals surface area contributed by atoms with Crippen molar-refractivity contribution in [1.82, 2.24) is 28.9 Å². The van der Waals surface area contributed by atoms with Crippen molar-refractivity contribution in [2.24, 2.45) is 0 Å². The molecule has 332 valence electrons. The number of likely N-dealkylation sites (tertiary alicyclic amines) is 2. The summed E-state index contributed by atoms with van der Waals surface area (Å²) in [7, 11) is -2.56. The Bertz CT molecular complexity index is 2140. The summed E-state index contributed by atoms with van der Waals surface area (Å²) in [5.74, 6) is 1.66. The first-order valence-corrected chi connectivity index (χ1v) is 29.6. The summed E-state index contributed by atoms with van der Waals surface area (Å²) in [6.45, 7) is 27.0. The minimum Gasteiger partial charge on any atom is -0.447 e. The lowest BCUT2D eigenvalue weighted by Crippen LogP contribution is -2.37. The molecule has 0 bridgehead atoms. The van der Waals surface area contributed by atoms with Crippen LogP contribution in [0.3, 0.4) is 0 Å². The molecule has 0 unspecified atom stereocenters. The van der Waals surface area contributed by atoms with Crippen LogP contribution in [0, 0.1) is 0 Å². The number of fused-ring (bicyclic) bond motifs is 1. The van der Waals surface area contributed by atoms with E-state index >= 15 is 0 Å². The van der Waals surface area contributed by atoms with Gasteiger partial charge in [-0.3, -0.25) is 9.80 Å². The molecule has 12 nitrogen and oxygen atoms in total. The molecule has 2 amide bonds. The maximum atomic E-state index is 13.3. The molecule has 0 aliphatic carbocycles. The van der Waals surface area contributed by atoms with Crippen LogP contribution in [0.2, 0.25) is 51.4 Å². The first kappa shape index (κ1) is 46.3. The fraction of sp³-hybridized carbons (Fsp3) is 0.574. The summed E-state index contributed by atoms with van der Waals surface area (Å²) in [4.78, 5) is 40.1. The second-order valence-corrected chi connectivity index (χ2v) is 31.6. The van der Waals surface area contributed by atoms with Crippen LogP contribution in [0.5, 0.6) is 0 Å². The zero-order chi connectivity index (χ0) is 44.1. The van der Waals surface area contributed by atoms with Crippen molar-refractivity contribution in [3.05, 3.63) is 71.4 Å². The molecule has 4 heterocycles. The lowest BCUT2D eigenvalue weighted by Gasteiger charge is -2.29. The Morgan fingerprint density at radius 2 is 1.33 bits per heavy atom. The molecule has 0 spiro atoms. The molecular weight excluding hydrogens is 801 g/mol. The third-order valence-corrected chi connectivity index (χ3v) is 14.5. The molecule has 2 atom stereocenters. The largest absolute Gasteiger partial charge is 0.447 e. The molecule has 2 aliphatic heterocycles. The van der Waals surface area contributed by atoms with Crippen LogP contribution in [0.4, 0.5) is 9.59 Å². The topological polar surface area (TPSA) is 113 Å². The van der Waals surface area contributed by atoms with Gasteiger partial charge in [-0.05, 0) is 101 Å². The van der Waals surface area contributed by atoms with E-state index in [1.54, 1.807) is 0 Å². The smallest absolute Gasteiger partial charge is 0.410 e. The molecule has 6 rings (SSSR count). The highest BCUT2D eigenvalue weighted by atomic mass is 28.3. The highest BCUT2D eigenvalue weighted by Crippen LogP contribution is 2.37. The van der Waals surface area contributed by atoms with Crippen molar-refractivity contribution >= 4 is 51.5 Å². The average Bonchev–Trinajstić information content (AvgIpc) is 3.98. The Balaban J connectivity index is 1.24. The highest BCUT2D eigenvalue weighted by Gasteiger charge is 2.37. The van der Waals surface area contributed by atoms with E-state index in [4.69, 9.17) is 28.9 Å². The molecule has 2 saturated heterocycles. The maximum absolute atomic E-state index is 13.3. The van der Waals surface area contributed by atoms with Crippen molar-refractivity contribution in [1.29, 1.82) is 0 Å². The Morgan fingerprint density at radius 3 is 1.92 bits per heavy atom. The van der Waals surface area contributed by atoms with Gasteiger partial charge < -0.3 is 28.1 Å². The predicted octanol–water partition coefficient (Wildman–Crippen LogP) is 11.4. The third-order valence-electron chi connectivity index (χ3n) is 11.1. The number of amides is 2. The number of nitrogens with zero attached hydrogens (tertiary/aromatic N) is 6. The maximum Gasteiger partial charge on any atom is 0.410 e. The van der Waals surface area contributed by atoms with Gasteiger partial charge in [-0.1, -0.05) is 81.8 Å². The van der Waals surface area contributed by atoms with Crippen LogP contribution in [0.1, 0.15) is 95.2 Å². The zero-order valence-electron chi connectivity index (χ0n) is 38.6. The number of hydrogen-bond donors (Lipinski definition) is 0. The monoisotopic (exact) mass is 870 g/mol. The summed E-state index contributed by atoms with van der Waals surface area (Å²) in [6, 6.07) is 16.6. The Kier molecular flexibility index (Phi) is 14.7. The van der Waals surface area contributed by atoms with E-state index in [2.05, 4.69) is 103 Å². The van der Waals surface area contributed by atoms with Crippen molar-refractivity contribution in [2.45, 2.75) is 149 Å². The molecular formula is C47H70N6O6Si2. The highest BCUT2D eigenvalue weighted by molar-refractivity contribution is 6.76. The van der Waals surface area contributed by atoms with E-state index in [1.165, 1.54) is 0 Å². The number of ether oxygens (including phenoxy) is 4. The van der Waals surface area contributed by atoms with Gasteiger partial charge in [0.15, 0.2) is 0 Å². The van der Waals surface area contributed by atoms with Gasteiger partial charge in [0.1, 0.15) is 30.7 Å². The van der Waals surface area contributed by atoms with Crippen LogP contribution >= 0.6 is 0 Å². The van der Waals surface area contributed by atoms with Crippen LogP contribution in [-0.4, -0.2) is 95.2 Å². The lowest BCUT2D eigenvalue weighted by atomic mass is 10.1. The minimum absolute atomic E-state index is 0.178. The van der Waals surface area contributed by atoms with Gasteiger partial charge >= 0.3 is 12.2 Å². The molecule has 2 aromatic carbocycles. The fourth-order valence-electron chi connectivity index (χ4n) is 7.80. The van der Waals surface area contributed by atoms with Crippen LogP contribution < -0.4 is 0 Å². The van der Waals surface area contributed by atoms with E-state index in [1.807, 2.05) is 50.6 Å². The Labute approximate surface area is 365 Å². The van der Waals surface area contributed by atoms with Crippen molar-refractivity contribution in [3.63, 3.8) is 0 Å². The Hall–Kier alpha value is -4.25. The van der Waals surface area contributed by atoms with E-state index in [9.17, 15) is 9.59 Å². The van der Waals surface area contributed by atoms with Crippen LogP contribution in [-0.2, 0) is 32.4 Å². The van der Waals surface area contributed by atoms with Crippen LogP contribution in [0.15, 0.2) is 48.7 Å². The quantitative estimate of drug-likeness (QED) is 0.0621. The number of aromatic nitrogens is 4. The Morgan fingerprint density at radius 1 is 0.770 bits per heavy atom. The van der Waals surface area contributed by atoms with Gasteiger partial charge in [0, 0.05) is 42.5 Å². The van der Waals surface area contributed by atoms with Gasteiger partial charge in [-0.15, -0.1) is 0 Å². The second-order valence-electron chi connectivity index (χ2n) is 20.3. The molecule has 0 radical (unpaired) electrons. The van der Waals surface area contributed by atoms with Crippen LogP contribution in [0.25, 0.3) is 34.4 Å². The predicted molar refractivity (Wildman–Crippen MR) is 250 cm³/mol. The number of carbonyl (C=O) groups is 2. The van der Waals surface area contributed by atoms with Gasteiger partial charge in [-0.2, -0.15) is 0 Å². The first-order valence-electron chi connectivity index (χ1n) is 22.2. The molecule has 14 heteroatoms. The average molecular weight is 871 g/mol. The molecule has 4 aromatic rings. The summed E-state index contributed by atoms with van der Waals surface area (Å²) >= 11 is 0. The SMILES string of the molecule is CC(C)OC(=O)N1CCC[C@H]1c1nc2ccc(/C=C/c3ccc(-c4cnc([C@@H]5CCCN5C(=O)OC(C)(C)C)n4COCC[Si](C)(C)C)cc3)cc2n1COCC[Si](C)(C)C. The van der Waals surface area contributed by atoms with Crippen molar-refractivity contribution in [3.8, 4) is 11.3 Å². The second kappa shape index (κ2) is 19.4. The standard InChI is InChI=1S/C47H70N6O6Si2/c1-34(2)58-45(54)50-24-13-15-40(50)44-49-38-23-20-36(30-41(38)52(44)32-56-26-28-60(6,7)8)17-16-35-18-21-37(22-19-35)42-31-48-43(53(42)33-57-27-29-61(9,10)11)39-14-12-25-51(39)46(55)59-47(3,4)5/h16-23,30-31,34,39-40H,12-15,24-29,32-33H2,1-11H3/b17-16+/t39-,40-/m0/s1. The van der Waals surface area contributed by atoms with Gasteiger partial charge in [0.2, 0.25) is 0 Å². The summed E-state index contributed by atoms with van der Waals surface area (Å²) in [5.41, 5.74) is 5.35. The van der Waals surface area contributed by atoms with Crippen molar-refractivity contribution in [2.75, 3.05) is 26.3 Å². The van der Waals surface area contributed by atoms with Gasteiger partial charge in [0.25, 0.3) is 0 Å². The minimum atomic E-state index is -1.28. The number of rotatable bonds is 16. The molecule has 2 aliphatic rings. The zero-order valence-corrected chi connectivity index (χ0v) is 40.6. The fourth-order valence-corrected chi connectivity index (χ4v) is 9.31. The summed E-state index contributed by atoms with van der Waals surface area (Å²) in [6.07, 6.45) is 8.80. The molecule has 2 fully saturated rings. The van der Waals surface area contributed by atoms with Crippen molar-refractivity contribution < 1.29 is 28.5 Å². The number of hydrogen-bond acceptors (Lipinski definition) is 8. The van der Waals surface area contributed by atoms with Gasteiger partial charge in [-0.25, -0.2) is 19.6 Å². The van der Waals surface area contributed by atoms with E-state index in [0.717, 1.165) is 82.8 Å².